The van der Waals surface area contributed by atoms with Crippen molar-refractivity contribution in [1.29, 1.82) is 0 Å². The Balaban J connectivity index is 1.87. The number of hydrogen-bond acceptors (Lipinski definition) is 3. The van der Waals surface area contributed by atoms with Crippen molar-refractivity contribution in [3.8, 4) is 16.9 Å². The fraction of sp³-hybridized carbons (Fsp3) is 0.0769. The van der Waals surface area contributed by atoms with E-state index in [1.165, 1.54) is 6.08 Å². The lowest BCUT2D eigenvalue weighted by Crippen LogP contribution is -2.18. The van der Waals surface area contributed by atoms with Crippen molar-refractivity contribution >= 4 is 22.8 Å². The van der Waals surface area contributed by atoms with E-state index in [0.717, 1.165) is 27.8 Å². The molecule has 1 aromatic heterocycles. The van der Waals surface area contributed by atoms with Gasteiger partial charge in [-0.1, -0.05) is 60.2 Å². The third kappa shape index (κ3) is 3.80. The Morgan fingerprint density at radius 2 is 1.70 bits per heavy atom. The highest BCUT2D eigenvalue weighted by atomic mass is 16.5. The van der Waals surface area contributed by atoms with Gasteiger partial charge in [-0.15, -0.1) is 0 Å². The molecule has 0 saturated carbocycles. The number of benzene rings is 3. The summed E-state index contributed by atoms with van der Waals surface area (Å²) in [5, 5.41) is 0.849. The monoisotopic (exact) mass is 395 g/mol. The molecule has 0 amide bonds. The van der Waals surface area contributed by atoms with Crippen molar-refractivity contribution in [2.45, 2.75) is 6.92 Å². The van der Waals surface area contributed by atoms with Crippen molar-refractivity contribution in [2.24, 2.45) is 0 Å². The summed E-state index contributed by atoms with van der Waals surface area (Å²) in [6.07, 6.45) is 3.15. The molecule has 0 aliphatic rings. The van der Waals surface area contributed by atoms with Gasteiger partial charge in [0.2, 0.25) is 0 Å². The number of rotatable bonds is 5. The quantitative estimate of drug-likeness (QED) is 0.363. The molecule has 1 heterocycles. The van der Waals surface area contributed by atoms with Crippen LogP contribution in [0.5, 0.6) is 5.75 Å². The molecule has 3 aromatic carbocycles. The minimum absolute atomic E-state index is 0.143. The summed E-state index contributed by atoms with van der Waals surface area (Å²) in [6, 6.07) is 22.7. The first kappa shape index (κ1) is 19.4. The van der Waals surface area contributed by atoms with Gasteiger partial charge in [0.1, 0.15) is 5.75 Å². The first-order chi connectivity index (χ1) is 14.6. The Morgan fingerprint density at radius 3 is 2.40 bits per heavy atom. The van der Waals surface area contributed by atoms with Crippen LogP contribution in [0.3, 0.4) is 0 Å². The van der Waals surface area contributed by atoms with Crippen molar-refractivity contribution in [1.82, 2.24) is 4.98 Å². The molecule has 1 N–H and O–H groups in total. The number of aromatic amines is 1. The second-order valence-corrected chi connectivity index (χ2v) is 7.09. The number of fused-ring (bicyclic) bond motifs is 1. The van der Waals surface area contributed by atoms with E-state index in [4.69, 9.17) is 4.74 Å². The Kier molecular flexibility index (Phi) is 5.31. The van der Waals surface area contributed by atoms with E-state index < -0.39 is 5.56 Å². The number of aromatic nitrogens is 1. The van der Waals surface area contributed by atoms with Gasteiger partial charge >= 0.3 is 0 Å². The predicted molar refractivity (Wildman–Crippen MR) is 121 cm³/mol. The van der Waals surface area contributed by atoms with E-state index in [1.807, 2.05) is 79.7 Å². The van der Waals surface area contributed by atoms with E-state index in [1.54, 1.807) is 13.2 Å². The molecule has 4 heteroatoms. The average Bonchev–Trinajstić information content (AvgIpc) is 2.78. The molecule has 0 bridgehead atoms. The molecule has 0 atom stereocenters. The molecule has 0 unspecified atom stereocenters. The van der Waals surface area contributed by atoms with Gasteiger partial charge in [-0.3, -0.25) is 9.59 Å². The maximum Gasteiger partial charge on any atom is 0.260 e. The number of carbonyl (C=O) groups excluding carboxylic acids is 1. The minimum atomic E-state index is -0.394. The van der Waals surface area contributed by atoms with Crippen molar-refractivity contribution in [3.05, 3.63) is 106 Å². The Labute approximate surface area is 174 Å². The van der Waals surface area contributed by atoms with Gasteiger partial charge in [-0.2, -0.15) is 0 Å². The fourth-order valence-corrected chi connectivity index (χ4v) is 3.52. The zero-order valence-electron chi connectivity index (χ0n) is 16.8. The van der Waals surface area contributed by atoms with Crippen LogP contribution in [0.15, 0.2) is 83.7 Å². The Morgan fingerprint density at radius 1 is 0.967 bits per heavy atom. The number of allylic oxidation sites excluding steroid dienone is 1. The summed E-state index contributed by atoms with van der Waals surface area (Å²) < 4.78 is 5.16. The van der Waals surface area contributed by atoms with Gasteiger partial charge in [-0.25, -0.2) is 0 Å². The Bertz CT molecular complexity index is 1300. The van der Waals surface area contributed by atoms with Gasteiger partial charge in [0.05, 0.1) is 12.7 Å². The van der Waals surface area contributed by atoms with Crippen LogP contribution in [0.2, 0.25) is 0 Å². The van der Waals surface area contributed by atoms with E-state index in [0.29, 0.717) is 11.1 Å². The van der Waals surface area contributed by atoms with Crippen molar-refractivity contribution in [2.75, 3.05) is 7.11 Å². The predicted octanol–water partition coefficient (Wildman–Crippen LogP) is 5.41. The lowest BCUT2D eigenvalue weighted by Gasteiger charge is -2.12. The van der Waals surface area contributed by atoms with Crippen LogP contribution in [-0.4, -0.2) is 17.9 Å². The summed E-state index contributed by atoms with van der Waals surface area (Å²) in [5.41, 5.74) is 3.85. The van der Waals surface area contributed by atoms with Gasteiger partial charge in [0, 0.05) is 16.5 Å². The molecule has 4 nitrogen and oxygen atoms in total. The third-order valence-corrected chi connectivity index (χ3v) is 5.02. The Hall–Kier alpha value is -3.92. The summed E-state index contributed by atoms with van der Waals surface area (Å²) in [6.45, 7) is 1.99. The maximum absolute atomic E-state index is 13.2. The van der Waals surface area contributed by atoms with Crippen LogP contribution < -0.4 is 10.3 Å². The second kappa shape index (κ2) is 8.21. The number of ether oxygens (including phenoxy) is 1. The molecule has 0 fully saturated rings. The lowest BCUT2D eigenvalue weighted by molar-refractivity contribution is 0.104. The lowest BCUT2D eigenvalue weighted by atomic mass is 9.93. The van der Waals surface area contributed by atoms with Crippen LogP contribution in [0.4, 0.5) is 0 Å². The van der Waals surface area contributed by atoms with E-state index >= 15 is 0 Å². The molecular formula is C26H21NO3. The first-order valence-electron chi connectivity index (χ1n) is 9.65. The fourth-order valence-electron chi connectivity index (χ4n) is 3.52. The van der Waals surface area contributed by atoms with Crippen LogP contribution in [-0.2, 0) is 0 Å². The van der Waals surface area contributed by atoms with Crippen LogP contribution in [0.1, 0.15) is 21.5 Å². The van der Waals surface area contributed by atoms with Crippen LogP contribution >= 0.6 is 0 Å². The van der Waals surface area contributed by atoms with Gasteiger partial charge < -0.3 is 9.72 Å². The standard InChI is InChI=1S/C26H21NO3/c1-17-8-14-22-21(16-17)24(19-6-4-3-5-7-19)25(26(29)27-22)23(28)15-11-18-9-12-20(30-2)13-10-18/h3-16H,1-2H3,(H,27,29). The summed E-state index contributed by atoms with van der Waals surface area (Å²) in [7, 11) is 1.60. The summed E-state index contributed by atoms with van der Waals surface area (Å²) in [4.78, 5) is 28.9. The molecule has 4 rings (SSSR count). The summed E-state index contributed by atoms with van der Waals surface area (Å²) in [5.74, 6) is 0.403. The van der Waals surface area contributed by atoms with Crippen molar-refractivity contribution in [3.63, 3.8) is 0 Å². The molecule has 0 spiro atoms. The molecule has 0 aliphatic heterocycles. The zero-order chi connectivity index (χ0) is 21.1. The molecular weight excluding hydrogens is 374 g/mol. The highest BCUT2D eigenvalue weighted by Crippen LogP contribution is 2.30. The van der Waals surface area contributed by atoms with Crippen LogP contribution in [0.25, 0.3) is 28.1 Å². The van der Waals surface area contributed by atoms with Crippen molar-refractivity contribution < 1.29 is 9.53 Å². The number of methoxy groups -OCH3 is 1. The number of aryl methyl sites for hydroxylation is 1. The number of hydrogen-bond donors (Lipinski definition) is 1. The largest absolute Gasteiger partial charge is 0.497 e. The van der Waals surface area contributed by atoms with E-state index in [9.17, 15) is 9.59 Å². The van der Waals surface area contributed by atoms with Crippen LogP contribution in [0, 0.1) is 6.92 Å². The number of nitrogens with one attached hydrogen (secondary N) is 1. The molecule has 0 aliphatic carbocycles. The number of ketones is 1. The SMILES string of the molecule is COc1ccc(C=CC(=O)c2c(-c3ccccc3)c3cc(C)ccc3[nH]c2=O)cc1. The van der Waals surface area contributed by atoms with E-state index in [-0.39, 0.29) is 11.3 Å². The van der Waals surface area contributed by atoms with Gasteiger partial charge in [-0.05, 0) is 48.4 Å². The van der Waals surface area contributed by atoms with Gasteiger partial charge in [0.25, 0.3) is 5.56 Å². The zero-order valence-corrected chi connectivity index (χ0v) is 16.8. The smallest absolute Gasteiger partial charge is 0.260 e. The number of pyridine rings is 1. The molecule has 0 radical (unpaired) electrons. The van der Waals surface area contributed by atoms with Gasteiger partial charge in [0.15, 0.2) is 5.78 Å². The average molecular weight is 395 g/mol. The highest BCUT2D eigenvalue weighted by molar-refractivity contribution is 6.15. The summed E-state index contributed by atoms with van der Waals surface area (Å²) >= 11 is 0. The minimum Gasteiger partial charge on any atom is -0.497 e. The number of H-pyrrole nitrogens is 1. The molecule has 4 aromatic rings. The highest BCUT2D eigenvalue weighted by Gasteiger charge is 2.19. The normalized spacial score (nSPS) is 11.1. The number of carbonyl (C=O) groups is 1. The molecule has 148 valence electrons. The molecule has 30 heavy (non-hydrogen) atoms. The molecule has 0 saturated heterocycles. The first-order valence-corrected chi connectivity index (χ1v) is 9.65. The third-order valence-electron chi connectivity index (χ3n) is 5.02. The topological polar surface area (TPSA) is 59.2 Å². The maximum atomic E-state index is 13.2. The second-order valence-electron chi connectivity index (χ2n) is 7.09. The van der Waals surface area contributed by atoms with E-state index in [2.05, 4.69) is 4.98 Å².